The van der Waals surface area contributed by atoms with E-state index >= 15 is 0 Å². The highest BCUT2D eigenvalue weighted by atomic mass is 16.5. The van der Waals surface area contributed by atoms with E-state index in [0.717, 1.165) is 5.52 Å². The van der Waals surface area contributed by atoms with Crippen molar-refractivity contribution in [3.05, 3.63) is 66.5 Å². The standard InChI is InChI=1S/C23H24N4O3/c1-16-15-26(23(29)18-7-4-3-5-8-18)13-14-27(16)22(28)17(2)30-20-10-6-9-19-21(20)25-12-11-24-19/h3-12,16-17H,13-15H2,1-2H3/t16-,17-/m1/s1. The molecule has 30 heavy (non-hydrogen) atoms. The predicted molar refractivity (Wildman–Crippen MR) is 113 cm³/mol. The van der Waals surface area contributed by atoms with Gasteiger partial charge in [-0.05, 0) is 38.1 Å². The molecule has 2 amide bonds. The molecular formula is C23H24N4O3. The van der Waals surface area contributed by atoms with Gasteiger partial charge in [-0.25, -0.2) is 4.98 Å². The normalized spacial score (nSPS) is 17.6. The summed E-state index contributed by atoms with van der Waals surface area (Å²) in [7, 11) is 0. The number of carbonyl (C=O) groups is 2. The smallest absolute Gasteiger partial charge is 0.263 e. The summed E-state index contributed by atoms with van der Waals surface area (Å²) in [5, 5.41) is 0. The molecule has 2 heterocycles. The van der Waals surface area contributed by atoms with Gasteiger partial charge >= 0.3 is 0 Å². The maximum atomic E-state index is 13.1. The lowest BCUT2D eigenvalue weighted by Crippen LogP contribution is -2.57. The molecular weight excluding hydrogens is 380 g/mol. The Morgan fingerprint density at radius 2 is 1.80 bits per heavy atom. The van der Waals surface area contributed by atoms with Gasteiger partial charge in [0.15, 0.2) is 6.10 Å². The summed E-state index contributed by atoms with van der Waals surface area (Å²) in [5.74, 6) is 0.426. The first-order valence-electron chi connectivity index (χ1n) is 10.1. The highest BCUT2D eigenvalue weighted by molar-refractivity contribution is 5.94. The van der Waals surface area contributed by atoms with Gasteiger partial charge in [0.05, 0.1) is 5.52 Å². The number of fused-ring (bicyclic) bond motifs is 1. The maximum Gasteiger partial charge on any atom is 0.263 e. The average molecular weight is 404 g/mol. The van der Waals surface area contributed by atoms with E-state index in [1.807, 2.05) is 49.4 Å². The third-order valence-corrected chi connectivity index (χ3v) is 5.33. The zero-order valence-corrected chi connectivity index (χ0v) is 17.1. The Bertz CT molecular complexity index is 1050. The van der Waals surface area contributed by atoms with E-state index in [1.165, 1.54) is 0 Å². The van der Waals surface area contributed by atoms with Crippen molar-refractivity contribution >= 4 is 22.8 Å². The van der Waals surface area contributed by atoms with E-state index < -0.39 is 6.10 Å². The van der Waals surface area contributed by atoms with Crippen LogP contribution in [0, 0.1) is 0 Å². The molecule has 1 aromatic heterocycles. The van der Waals surface area contributed by atoms with Gasteiger partial charge < -0.3 is 14.5 Å². The molecule has 3 aromatic rings. The van der Waals surface area contributed by atoms with Crippen LogP contribution in [0.25, 0.3) is 11.0 Å². The van der Waals surface area contributed by atoms with Crippen molar-refractivity contribution < 1.29 is 14.3 Å². The van der Waals surface area contributed by atoms with Crippen LogP contribution < -0.4 is 4.74 Å². The molecule has 1 fully saturated rings. The van der Waals surface area contributed by atoms with Gasteiger partial charge in [0.25, 0.3) is 11.8 Å². The van der Waals surface area contributed by atoms with E-state index in [4.69, 9.17) is 4.74 Å². The number of nitrogens with zero attached hydrogens (tertiary/aromatic N) is 4. The molecule has 2 atom stereocenters. The van der Waals surface area contributed by atoms with Crippen LogP contribution in [0.15, 0.2) is 60.9 Å². The number of hydrogen-bond donors (Lipinski definition) is 0. The minimum absolute atomic E-state index is 0.00632. The van der Waals surface area contributed by atoms with Crippen LogP contribution in [-0.4, -0.2) is 63.4 Å². The summed E-state index contributed by atoms with van der Waals surface area (Å²) in [5.41, 5.74) is 2.01. The first-order chi connectivity index (χ1) is 14.5. The fourth-order valence-electron chi connectivity index (χ4n) is 3.77. The summed E-state index contributed by atoms with van der Waals surface area (Å²) in [6, 6.07) is 14.6. The fraction of sp³-hybridized carbons (Fsp3) is 0.304. The summed E-state index contributed by atoms with van der Waals surface area (Å²) in [4.78, 5) is 37.9. The topological polar surface area (TPSA) is 75.6 Å². The number of benzene rings is 2. The van der Waals surface area contributed by atoms with Gasteiger partial charge in [0.2, 0.25) is 0 Å². The van der Waals surface area contributed by atoms with Gasteiger partial charge in [-0.1, -0.05) is 24.3 Å². The molecule has 0 aliphatic carbocycles. The number of ether oxygens (including phenoxy) is 1. The summed E-state index contributed by atoms with van der Waals surface area (Å²) >= 11 is 0. The van der Waals surface area contributed by atoms with Gasteiger partial charge in [-0.15, -0.1) is 0 Å². The molecule has 1 saturated heterocycles. The van der Waals surface area contributed by atoms with Crippen LogP contribution in [0.5, 0.6) is 5.75 Å². The second-order valence-electron chi connectivity index (χ2n) is 7.44. The van der Waals surface area contributed by atoms with Crippen LogP contribution in [-0.2, 0) is 4.79 Å². The third-order valence-electron chi connectivity index (χ3n) is 5.33. The number of para-hydroxylation sites is 1. The first kappa shape index (κ1) is 19.8. The monoisotopic (exact) mass is 404 g/mol. The number of rotatable bonds is 4. The van der Waals surface area contributed by atoms with Crippen LogP contribution >= 0.6 is 0 Å². The molecule has 2 aromatic carbocycles. The lowest BCUT2D eigenvalue weighted by atomic mass is 10.1. The Kier molecular flexibility index (Phi) is 5.61. The molecule has 1 aliphatic rings. The Morgan fingerprint density at radius 1 is 1.03 bits per heavy atom. The van der Waals surface area contributed by atoms with Crippen molar-refractivity contribution in [2.75, 3.05) is 19.6 Å². The van der Waals surface area contributed by atoms with Crippen LogP contribution in [0.2, 0.25) is 0 Å². The maximum absolute atomic E-state index is 13.1. The largest absolute Gasteiger partial charge is 0.479 e. The molecule has 0 bridgehead atoms. The van der Waals surface area contributed by atoms with Crippen molar-refractivity contribution in [3.63, 3.8) is 0 Å². The van der Waals surface area contributed by atoms with Gasteiger partial charge in [-0.3, -0.25) is 14.6 Å². The van der Waals surface area contributed by atoms with Crippen molar-refractivity contribution in [1.82, 2.24) is 19.8 Å². The zero-order valence-electron chi connectivity index (χ0n) is 17.1. The van der Waals surface area contributed by atoms with Crippen LogP contribution in [0.3, 0.4) is 0 Å². The first-order valence-corrected chi connectivity index (χ1v) is 10.1. The Labute approximate surface area is 175 Å². The Hall–Kier alpha value is -3.48. The third kappa shape index (κ3) is 3.96. The molecule has 0 saturated carbocycles. The van der Waals surface area contributed by atoms with E-state index in [1.54, 1.807) is 35.2 Å². The van der Waals surface area contributed by atoms with E-state index in [0.29, 0.717) is 36.5 Å². The number of hydrogen-bond acceptors (Lipinski definition) is 5. The second-order valence-corrected chi connectivity index (χ2v) is 7.44. The van der Waals surface area contributed by atoms with Gasteiger partial charge in [-0.2, -0.15) is 0 Å². The Morgan fingerprint density at radius 3 is 2.57 bits per heavy atom. The second kappa shape index (κ2) is 8.49. The lowest BCUT2D eigenvalue weighted by Gasteiger charge is -2.40. The molecule has 154 valence electrons. The Balaban J connectivity index is 1.42. The van der Waals surface area contributed by atoms with E-state index in [-0.39, 0.29) is 17.9 Å². The molecule has 0 spiro atoms. The van der Waals surface area contributed by atoms with E-state index in [2.05, 4.69) is 9.97 Å². The molecule has 7 nitrogen and oxygen atoms in total. The molecule has 1 aliphatic heterocycles. The van der Waals surface area contributed by atoms with Crippen molar-refractivity contribution in [1.29, 1.82) is 0 Å². The average Bonchev–Trinajstić information content (AvgIpc) is 2.79. The molecule has 0 N–H and O–H groups in total. The number of carbonyl (C=O) groups excluding carboxylic acids is 2. The predicted octanol–water partition coefficient (Wildman–Crippen LogP) is 2.77. The number of piperazine rings is 1. The highest BCUT2D eigenvalue weighted by Crippen LogP contribution is 2.23. The lowest BCUT2D eigenvalue weighted by molar-refractivity contribution is -0.142. The number of aromatic nitrogens is 2. The fourth-order valence-corrected chi connectivity index (χ4v) is 3.77. The molecule has 0 radical (unpaired) electrons. The van der Waals surface area contributed by atoms with E-state index in [9.17, 15) is 9.59 Å². The quantitative estimate of drug-likeness (QED) is 0.668. The molecule has 0 unspecified atom stereocenters. The summed E-state index contributed by atoms with van der Waals surface area (Å²) in [6.45, 7) is 5.16. The SMILES string of the molecule is C[C@@H]1CN(C(=O)c2ccccc2)CCN1C(=O)[C@@H](C)Oc1cccc2nccnc12. The molecule has 4 rings (SSSR count). The van der Waals surface area contributed by atoms with Gasteiger partial charge in [0.1, 0.15) is 11.3 Å². The zero-order chi connectivity index (χ0) is 21.1. The molecule has 7 heteroatoms. The summed E-state index contributed by atoms with van der Waals surface area (Å²) < 4.78 is 5.96. The minimum Gasteiger partial charge on any atom is -0.479 e. The van der Waals surface area contributed by atoms with Crippen LogP contribution in [0.1, 0.15) is 24.2 Å². The highest BCUT2D eigenvalue weighted by Gasteiger charge is 2.33. The van der Waals surface area contributed by atoms with Gasteiger partial charge in [0, 0.05) is 43.6 Å². The number of amides is 2. The van der Waals surface area contributed by atoms with Crippen molar-refractivity contribution in [3.8, 4) is 5.75 Å². The van der Waals surface area contributed by atoms with Crippen LogP contribution in [0.4, 0.5) is 0 Å². The van der Waals surface area contributed by atoms with Crippen molar-refractivity contribution in [2.45, 2.75) is 26.0 Å². The van der Waals surface area contributed by atoms with Crippen molar-refractivity contribution in [2.24, 2.45) is 0 Å². The summed E-state index contributed by atoms with van der Waals surface area (Å²) in [6.07, 6.45) is 2.56. The minimum atomic E-state index is -0.670.